The molecule has 1 N–H and O–H groups in total. The Hall–Kier alpha value is -4.30. The topological polar surface area (TPSA) is 104 Å². The van der Waals surface area contributed by atoms with E-state index in [0.29, 0.717) is 18.1 Å². The third kappa shape index (κ3) is 17.5. The number of methoxy groups -OCH3 is 1. The predicted octanol–water partition coefficient (Wildman–Crippen LogP) is 10.9. The van der Waals surface area contributed by atoms with Gasteiger partial charge in [0.15, 0.2) is 0 Å². The van der Waals surface area contributed by atoms with Crippen LogP contribution in [-0.4, -0.2) is 49.2 Å². The van der Waals surface area contributed by atoms with Crippen LogP contribution in [0, 0.1) is 0 Å². The van der Waals surface area contributed by atoms with E-state index in [0.717, 1.165) is 47.3 Å². The highest BCUT2D eigenvalue weighted by atomic mass is 16.5. The fourth-order valence-corrected chi connectivity index (χ4v) is 4.58. The lowest BCUT2D eigenvalue weighted by molar-refractivity contribution is -0.142. The summed E-state index contributed by atoms with van der Waals surface area (Å²) >= 11 is 0. The van der Waals surface area contributed by atoms with E-state index >= 15 is 0 Å². The zero-order valence-electron chi connectivity index (χ0n) is 33.5. The Morgan fingerprint density at radius 1 is 0.824 bits per heavy atom. The minimum atomic E-state index is -0.385. The third-order valence-electron chi connectivity index (χ3n) is 7.44. The zero-order chi connectivity index (χ0) is 38.7. The molecule has 0 bridgehead atoms. The van der Waals surface area contributed by atoms with Crippen LogP contribution in [0.1, 0.15) is 123 Å². The maximum Gasteiger partial charge on any atom is 0.323 e. The smallest absolute Gasteiger partial charge is 0.323 e. The molecular formula is C43H65N3O5. The summed E-state index contributed by atoms with van der Waals surface area (Å²) in [6.45, 7) is 21.4. The van der Waals surface area contributed by atoms with E-state index in [1.807, 2.05) is 114 Å². The predicted molar refractivity (Wildman–Crippen MR) is 213 cm³/mol. The number of nitrogens with one attached hydrogen (secondary N) is 1. The zero-order valence-corrected chi connectivity index (χ0v) is 33.5. The molecule has 0 aliphatic heterocycles. The molecule has 0 fully saturated rings. The third-order valence-corrected chi connectivity index (χ3v) is 7.44. The Kier molecular flexibility index (Phi) is 25.1. The fraction of sp³-hybridized carbons (Fsp3) is 0.488. The molecule has 0 saturated heterocycles. The molecule has 1 atom stereocenters. The first-order chi connectivity index (χ1) is 24.7. The summed E-state index contributed by atoms with van der Waals surface area (Å²) < 4.78 is 16.1. The number of hydrogen-bond donors (Lipinski definition) is 1. The molecule has 0 radical (unpaired) electrons. The van der Waals surface area contributed by atoms with Gasteiger partial charge in [-0.15, -0.1) is 0 Å². The Balaban J connectivity index is 0.00000116. The number of aromatic nitrogens is 2. The van der Waals surface area contributed by atoms with Crippen LogP contribution in [0.3, 0.4) is 0 Å². The summed E-state index contributed by atoms with van der Waals surface area (Å²) in [5, 5.41) is 7.09. The highest BCUT2D eigenvalue weighted by Gasteiger charge is 2.18. The van der Waals surface area contributed by atoms with Crippen LogP contribution in [0.25, 0.3) is 22.8 Å². The Morgan fingerprint density at radius 3 is 1.90 bits per heavy atom. The van der Waals surface area contributed by atoms with Crippen molar-refractivity contribution in [2.45, 2.75) is 119 Å². The molecule has 0 saturated carbocycles. The minimum absolute atomic E-state index is 0.168. The summed E-state index contributed by atoms with van der Waals surface area (Å²) in [6.07, 6.45) is 7.49. The second-order valence-corrected chi connectivity index (χ2v) is 12.0. The average Bonchev–Trinajstić information content (AvgIpc) is 3.68. The monoisotopic (exact) mass is 703 g/mol. The van der Waals surface area contributed by atoms with E-state index in [1.165, 1.54) is 38.4 Å². The van der Waals surface area contributed by atoms with Crippen molar-refractivity contribution < 1.29 is 23.6 Å². The average molecular weight is 704 g/mol. The number of carbonyl (C=O) groups is 2. The van der Waals surface area contributed by atoms with Gasteiger partial charge in [0.2, 0.25) is 5.82 Å². The van der Waals surface area contributed by atoms with Crippen LogP contribution in [0.15, 0.2) is 77.3 Å². The molecule has 4 rings (SSSR count). The van der Waals surface area contributed by atoms with E-state index in [-0.39, 0.29) is 17.4 Å². The second kappa shape index (κ2) is 27.4. The molecule has 8 nitrogen and oxygen atoms in total. The maximum absolute atomic E-state index is 11.8. The van der Waals surface area contributed by atoms with Gasteiger partial charge in [-0.2, -0.15) is 4.98 Å². The molecular weight excluding hydrogens is 638 g/mol. The maximum atomic E-state index is 11.8. The molecule has 0 amide bonds. The number of rotatable bonds is 14. The molecule has 4 aromatic rings. The quantitative estimate of drug-likeness (QED) is 0.0786. The summed E-state index contributed by atoms with van der Waals surface area (Å²) in [4.78, 5) is 26.7. The standard InChI is InChI=1S/C26H33N3O4.C11H14O.3C2H6/c1-4-5-6-7-8-17-32-22-15-13-20(14-16-22)24-28-25(33-29-24)21-11-9-19(10-12-21)18-23(27-2)26(30)31-3;1-11(2,3)10-6-4-9(8-12)5-7-10;3*1-2/h9-16,23,27H,4-8,17-18H2,1-3H3;4-8H,1-3H3;3*1-2H3. The largest absolute Gasteiger partial charge is 0.494 e. The molecule has 0 aliphatic carbocycles. The molecule has 1 unspecified atom stereocenters. The summed E-state index contributed by atoms with van der Waals surface area (Å²) in [7, 11) is 3.13. The molecule has 51 heavy (non-hydrogen) atoms. The molecule has 0 spiro atoms. The van der Waals surface area contributed by atoms with Gasteiger partial charge in [-0.3, -0.25) is 9.59 Å². The number of unbranched alkanes of at least 4 members (excludes halogenated alkanes) is 4. The van der Waals surface area contributed by atoms with Gasteiger partial charge in [-0.1, -0.05) is 136 Å². The van der Waals surface area contributed by atoms with E-state index in [4.69, 9.17) is 14.0 Å². The van der Waals surface area contributed by atoms with Crippen molar-refractivity contribution in [3.63, 3.8) is 0 Å². The van der Waals surface area contributed by atoms with E-state index in [2.05, 4.69) is 43.2 Å². The first kappa shape index (κ1) is 46.7. The summed E-state index contributed by atoms with van der Waals surface area (Å²) in [5.74, 6) is 1.54. The first-order valence-corrected chi connectivity index (χ1v) is 18.7. The van der Waals surface area contributed by atoms with Crippen LogP contribution in [0.4, 0.5) is 0 Å². The van der Waals surface area contributed by atoms with Gasteiger partial charge in [-0.25, -0.2) is 0 Å². The van der Waals surface area contributed by atoms with Gasteiger partial charge in [0.25, 0.3) is 5.89 Å². The Labute approximate surface area is 308 Å². The van der Waals surface area contributed by atoms with Crippen LogP contribution in [0.2, 0.25) is 0 Å². The second-order valence-electron chi connectivity index (χ2n) is 12.0. The normalized spacial score (nSPS) is 10.7. The first-order valence-electron chi connectivity index (χ1n) is 18.7. The minimum Gasteiger partial charge on any atom is -0.494 e. The van der Waals surface area contributed by atoms with Gasteiger partial charge in [-0.05, 0) is 72.8 Å². The molecule has 282 valence electrons. The Morgan fingerprint density at radius 2 is 1.39 bits per heavy atom. The van der Waals surface area contributed by atoms with Gasteiger partial charge in [0.1, 0.15) is 18.1 Å². The van der Waals surface area contributed by atoms with E-state index < -0.39 is 0 Å². The lowest BCUT2D eigenvalue weighted by atomic mass is 9.87. The van der Waals surface area contributed by atoms with E-state index in [9.17, 15) is 9.59 Å². The number of carbonyl (C=O) groups excluding carboxylic acids is 2. The van der Waals surface area contributed by atoms with Crippen molar-refractivity contribution in [3.8, 4) is 28.6 Å². The highest BCUT2D eigenvalue weighted by molar-refractivity contribution is 5.76. The number of aldehydes is 1. The van der Waals surface area contributed by atoms with Crippen molar-refractivity contribution >= 4 is 12.3 Å². The Bertz CT molecular complexity index is 1440. The van der Waals surface area contributed by atoms with Crippen molar-refractivity contribution in [2.24, 2.45) is 0 Å². The van der Waals surface area contributed by atoms with Crippen LogP contribution in [0.5, 0.6) is 5.75 Å². The van der Waals surface area contributed by atoms with Gasteiger partial charge < -0.3 is 19.3 Å². The summed E-state index contributed by atoms with van der Waals surface area (Å²) in [5.41, 5.74) is 4.85. The van der Waals surface area contributed by atoms with Crippen molar-refractivity contribution in [2.75, 3.05) is 20.8 Å². The number of benzene rings is 3. The molecule has 1 aromatic heterocycles. The molecule has 1 heterocycles. The van der Waals surface area contributed by atoms with Gasteiger partial charge in [0, 0.05) is 16.7 Å². The number of hydrogen-bond acceptors (Lipinski definition) is 8. The van der Waals surface area contributed by atoms with Crippen molar-refractivity contribution in [1.82, 2.24) is 15.5 Å². The molecule has 0 aliphatic rings. The number of nitrogens with zero attached hydrogens (tertiary/aromatic N) is 2. The number of esters is 1. The van der Waals surface area contributed by atoms with Crippen molar-refractivity contribution in [1.29, 1.82) is 0 Å². The van der Waals surface area contributed by atoms with Crippen LogP contribution in [-0.2, 0) is 21.4 Å². The molecule has 8 heteroatoms. The van der Waals surface area contributed by atoms with Crippen molar-refractivity contribution in [3.05, 3.63) is 89.5 Å². The van der Waals surface area contributed by atoms with Gasteiger partial charge >= 0.3 is 5.97 Å². The number of ether oxygens (including phenoxy) is 2. The summed E-state index contributed by atoms with van der Waals surface area (Å²) in [6, 6.07) is 22.8. The number of likely N-dealkylation sites (N-methyl/N-ethyl adjacent to an activating group) is 1. The fourth-order valence-electron chi connectivity index (χ4n) is 4.58. The SMILES string of the molecule is CC.CC.CC.CC(C)(C)c1ccc(C=O)cc1.CCCCCCCOc1ccc(-c2noc(-c3ccc(CC(NC)C(=O)OC)cc3)n2)cc1. The lowest BCUT2D eigenvalue weighted by Gasteiger charge is -2.18. The molecule has 3 aromatic carbocycles. The highest BCUT2D eigenvalue weighted by Crippen LogP contribution is 2.25. The van der Waals surface area contributed by atoms with Crippen LogP contribution >= 0.6 is 0 Å². The lowest BCUT2D eigenvalue weighted by Crippen LogP contribution is -2.36. The van der Waals surface area contributed by atoms with Crippen LogP contribution < -0.4 is 10.1 Å². The van der Waals surface area contributed by atoms with Gasteiger partial charge in [0.05, 0.1) is 13.7 Å². The van der Waals surface area contributed by atoms with E-state index in [1.54, 1.807) is 7.05 Å².